The number of nitro benzene ring substituents is 1. The van der Waals surface area contributed by atoms with E-state index in [0.717, 1.165) is 11.0 Å². The van der Waals surface area contributed by atoms with Crippen LogP contribution in [0.5, 0.6) is 5.75 Å². The number of furan rings is 1. The highest BCUT2D eigenvalue weighted by Gasteiger charge is 2.35. The van der Waals surface area contributed by atoms with Gasteiger partial charge < -0.3 is 19.2 Å². The van der Waals surface area contributed by atoms with Crippen LogP contribution >= 0.6 is 11.6 Å². The Kier molecular flexibility index (Phi) is 7.02. The van der Waals surface area contributed by atoms with Crippen molar-refractivity contribution >= 4 is 41.3 Å². The fourth-order valence-electron chi connectivity index (χ4n) is 2.96. The van der Waals surface area contributed by atoms with Gasteiger partial charge in [0.2, 0.25) is 11.5 Å². The second kappa shape index (κ2) is 9.74. The minimum Gasteiger partial charge on any atom is -0.483 e. The predicted molar refractivity (Wildman–Crippen MR) is 116 cm³/mol. The summed E-state index contributed by atoms with van der Waals surface area (Å²) in [5, 5.41) is 14.0. The SMILES string of the molecule is CC[C@H](C)Oc1c(/C=C2\NC(=O)N(Cc3ccc(C(=O)OC)o3)C2=O)cc(Cl)cc1[N+](=O)[O-]. The molecule has 0 unspecified atom stereocenters. The number of urea groups is 1. The first-order chi connectivity index (χ1) is 15.6. The molecule has 1 aliphatic rings. The van der Waals surface area contributed by atoms with Crippen molar-refractivity contribution in [1.82, 2.24) is 10.2 Å². The van der Waals surface area contributed by atoms with E-state index in [2.05, 4.69) is 10.1 Å². The molecule has 1 saturated heterocycles. The number of nitrogens with zero attached hydrogens (tertiary/aromatic N) is 2. The van der Waals surface area contributed by atoms with E-state index in [0.29, 0.717) is 6.42 Å². The lowest BCUT2D eigenvalue weighted by atomic mass is 10.1. The molecule has 1 aromatic carbocycles. The fraction of sp³-hybridized carbons (Fsp3) is 0.286. The molecular weight excluding hydrogens is 458 g/mol. The standard InChI is InChI=1S/C21H20ClN3O8/c1-4-11(2)32-18-12(7-13(22)9-16(18)25(29)30)8-15-19(26)24(21(28)23-15)10-14-5-6-17(33-14)20(27)31-3/h5-9,11H,4,10H2,1-3H3,(H,23,28)/b15-8-/t11-/m0/s1. The van der Waals surface area contributed by atoms with E-state index in [1.165, 1.54) is 31.4 Å². The van der Waals surface area contributed by atoms with Gasteiger partial charge >= 0.3 is 17.7 Å². The Bertz CT molecular complexity index is 1160. The monoisotopic (exact) mass is 477 g/mol. The Hall–Kier alpha value is -3.86. The topological polar surface area (TPSA) is 141 Å². The number of carbonyl (C=O) groups excluding carboxylic acids is 3. The number of benzene rings is 1. The van der Waals surface area contributed by atoms with E-state index in [1.807, 2.05) is 6.92 Å². The number of amides is 3. The molecule has 3 rings (SSSR count). The minimum atomic E-state index is -0.733. The van der Waals surface area contributed by atoms with Crippen molar-refractivity contribution in [3.63, 3.8) is 0 Å². The van der Waals surface area contributed by atoms with E-state index in [1.54, 1.807) is 6.92 Å². The molecule has 1 fully saturated rings. The third kappa shape index (κ3) is 5.14. The Morgan fingerprint density at radius 1 is 1.36 bits per heavy atom. The Morgan fingerprint density at radius 3 is 2.73 bits per heavy atom. The van der Waals surface area contributed by atoms with E-state index in [4.69, 9.17) is 20.8 Å². The zero-order chi connectivity index (χ0) is 24.3. The van der Waals surface area contributed by atoms with Crippen LogP contribution < -0.4 is 10.1 Å². The molecule has 2 aromatic rings. The average Bonchev–Trinajstić information content (AvgIpc) is 3.35. The first kappa shape index (κ1) is 23.8. The van der Waals surface area contributed by atoms with E-state index < -0.39 is 22.8 Å². The third-order valence-electron chi connectivity index (χ3n) is 4.78. The lowest BCUT2D eigenvalue weighted by Gasteiger charge is -2.15. The first-order valence-electron chi connectivity index (χ1n) is 9.80. The number of hydrogen-bond donors (Lipinski definition) is 1. The van der Waals surface area contributed by atoms with Crippen molar-refractivity contribution < 1.29 is 33.2 Å². The molecule has 2 heterocycles. The van der Waals surface area contributed by atoms with Gasteiger partial charge in [0.05, 0.1) is 24.7 Å². The minimum absolute atomic E-state index is 0.0598. The fourth-order valence-corrected chi connectivity index (χ4v) is 3.18. The van der Waals surface area contributed by atoms with Gasteiger partial charge in [0.15, 0.2) is 0 Å². The highest BCUT2D eigenvalue weighted by atomic mass is 35.5. The molecule has 0 radical (unpaired) electrons. The molecular formula is C21H20ClN3O8. The highest BCUT2D eigenvalue weighted by Crippen LogP contribution is 2.37. The van der Waals surface area contributed by atoms with Crippen LogP contribution in [0, 0.1) is 10.1 Å². The van der Waals surface area contributed by atoms with Crippen LogP contribution in [0.25, 0.3) is 6.08 Å². The maximum Gasteiger partial charge on any atom is 0.373 e. The summed E-state index contributed by atoms with van der Waals surface area (Å²) in [6, 6.07) is 4.62. The maximum absolute atomic E-state index is 12.8. The molecule has 11 nitrogen and oxygen atoms in total. The number of rotatable bonds is 8. The average molecular weight is 478 g/mol. The summed E-state index contributed by atoms with van der Waals surface area (Å²) >= 11 is 6.04. The van der Waals surface area contributed by atoms with Crippen LogP contribution in [0.15, 0.2) is 34.4 Å². The number of ether oxygens (including phenoxy) is 2. The quantitative estimate of drug-likeness (QED) is 0.198. The van der Waals surface area contributed by atoms with Crippen molar-refractivity contribution in [2.75, 3.05) is 7.11 Å². The second-order valence-corrected chi connectivity index (χ2v) is 7.51. The molecule has 0 bridgehead atoms. The normalized spacial score (nSPS) is 15.5. The van der Waals surface area contributed by atoms with Crippen LogP contribution in [0.1, 0.15) is 42.1 Å². The number of hydrogen-bond acceptors (Lipinski definition) is 8. The molecule has 1 aromatic heterocycles. The molecule has 1 N–H and O–H groups in total. The van der Waals surface area contributed by atoms with Crippen molar-refractivity contribution in [3.05, 3.63) is 62.2 Å². The molecule has 33 heavy (non-hydrogen) atoms. The Labute approximate surface area is 193 Å². The van der Waals surface area contributed by atoms with Crippen LogP contribution in [0.4, 0.5) is 10.5 Å². The maximum atomic E-state index is 12.8. The second-order valence-electron chi connectivity index (χ2n) is 7.07. The Morgan fingerprint density at radius 2 is 2.09 bits per heavy atom. The van der Waals surface area contributed by atoms with Crippen LogP contribution in [0.2, 0.25) is 5.02 Å². The molecule has 0 aliphatic carbocycles. The van der Waals surface area contributed by atoms with Crippen LogP contribution in [-0.4, -0.2) is 40.9 Å². The molecule has 0 spiro atoms. The molecule has 1 aliphatic heterocycles. The number of nitrogens with one attached hydrogen (secondary N) is 1. The molecule has 0 saturated carbocycles. The summed E-state index contributed by atoms with van der Waals surface area (Å²) in [4.78, 5) is 48.5. The number of carbonyl (C=O) groups is 3. The van der Waals surface area contributed by atoms with E-state index >= 15 is 0 Å². The lowest BCUT2D eigenvalue weighted by Crippen LogP contribution is -2.30. The zero-order valence-corrected chi connectivity index (χ0v) is 18.7. The van der Waals surface area contributed by atoms with Gasteiger partial charge in [-0.1, -0.05) is 18.5 Å². The lowest BCUT2D eigenvalue weighted by molar-refractivity contribution is -0.386. The summed E-state index contributed by atoms with van der Waals surface area (Å²) in [5.74, 6) is -1.36. The van der Waals surface area contributed by atoms with Gasteiger partial charge in [-0.25, -0.2) is 9.59 Å². The third-order valence-corrected chi connectivity index (χ3v) is 5.00. The molecule has 1 atom stereocenters. The van der Waals surface area contributed by atoms with E-state index in [9.17, 15) is 24.5 Å². The largest absolute Gasteiger partial charge is 0.483 e. The molecule has 3 amide bonds. The van der Waals surface area contributed by atoms with Crippen molar-refractivity contribution in [2.45, 2.75) is 32.9 Å². The van der Waals surface area contributed by atoms with E-state index in [-0.39, 0.29) is 51.9 Å². The van der Waals surface area contributed by atoms with Crippen LogP contribution in [-0.2, 0) is 16.1 Å². The van der Waals surface area contributed by atoms with Gasteiger partial charge in [-0.3, -0.25) is 19.8 Å². The number of esters is 1. The van der Waals surface area contributed by atoms with Gasteiger partial charge in [-0.15, -0.1) is 0 Å². The summed E-state index contributed by atoms with van der Waals surface area (Å²) in [6.45, 7) is 3.35. The molecule has 12 heteroatoms. The van der Waals surface area contributed by atoms with Gasteiger partial charge in [-0.2, -0.15) is 0 Å². The first-order valence-corrected chi connectivity index (χ1v) is 10.2. The molecule has 174 valence electrons. The predicted octanol–water partition coefficient (Wildman–Crippen LogP) is 3.90. The number of nitro groups is 1. The van der Waals surface area contributed by atoms with Gasteiger partial charge in [-0.05, 0) is 37.6 Å². The highest BCUT2D eigenvalue weighted by molar-refractivity contribution is 6.31. The summed E-state index contributed by atoms with van der Waals surface area (Å²) in [7, 11) is 1.19. The van der Waals surface area contributed by atoms with Crippen LogP contribution in [0.3, 0.4) is 0 Å². The summed E-state index contributed by atoms with van der Waals surface area (Å²) in [6.07, 6.45) is 1.49. The van der Waals surface area contributed by atoms with Gasteiger partial charge in [0.25, 0.3) is 5.91 Å². The summed E-state index contributed by atoms with van der Waals surface area (Å²) < 4.78 is 15.6. The summed E-state index contributed by atoms with van der Waals surface area (Å²) in [5.41, 5.74) is -0.342. The van der Waals surface area contributed by atoms with Crippen molar-refractivity contribution in [1.29, 1.82) is 0 Å². The smallest absolute Gasteiger partial charge is 0.373 e. The number of methoxy groups -OCH3 is 1. The van der Waals surface area contributed by atoms with Gasteiger partial charge in [0, 0.05) is 16.7 Å². The Balaban J connectivity index is 1.93. The van der Waals surface area contributed by atoms with Gasteiger partial charge in [0.1, 0.15) is 11.5 Å². The number of halogens is 1. The van der Waals surface area contributed by atoms with Crippen molar-refractivity contribution in [2.24, 2.45) is 0 Å². The number of imide groups is 1. The van der Waals surface area contributed by atoms with Crippen molar-refractivity contribution in [3.8, 4) is 5.75 Å². The zero-order valence-electron chi connectivity index (χ0n) is 17.9.